The topological polar surface area (TPSA) is 70.2 Å². The minimum Gasteiger partial charge on any atom is -0.325 e. The molecule has 0 spiro atoms. The second kappa shape index (κ2) is 5.59. The van der Waals surface area contributed by atoms with Crippen LogP contribution in [0.25, 0.3) is 0 Å². The maximum atomic E-state index is 12.1. The molecule has 2 aromatic rings. The van der Waals surface area contributed by atoms with Crippen LogP contribution in [-0.2, 0) is 10.2 Å². The highest BCUT2D eigenvalue weighted by atomic mass is 35.5. The highest BCUT2D eigenvalue weighted by Crippen LogP contribution is 2.38. The summed E-state index contributed by atoms with van der Waals surface area (Å²) < 4.78 is 0. The van der Waals surface area contributed by atoms with Gasteiger partial charge in [0.05, 0.1) is 5.41 Å². The molecule has 0 bridgehead atoms. The molecule has 3 amide bonds. The lowest BCUT2D eigenvalue weighted by Gasteiger charge is -2.16. The Balaban J connectivity index is 1.76. The molecule has 0 unspecified atom stereocenters. The first-order valence-corrected chi connectivity index (χ1v) is 7.53. The van der Waals surface area contributed by atoms with Crippen molar-refractivity contribution in [1.82, 2.24) is 0 Å². The van der Waals surface area contributed by atoms with Gasteiger partial charge in [-0.25, -0.2) is 4.79 Å². The van der Waals surface area contributed by atoms with Gasteiger partial charge in [0.1, 0.15) is 0 Å². The summed E-state index contributed by atoms with van der Waals surface area (Å²) in [4.78, 5) is 24.0. The number of nitrogens with one attached hydrogen (secondary N) is 3. The number of urea groups is 1. The van der Waals surface area contributed by atoms with E-state index in [1.165, 1.54) is 0 Å². The molecule has 118 valence electrons. The molecule has 1 aliphatic heterocycles. The Morgan fingerprint density at radius 2 is 1.78 bits per heavy atom. The summed E-state index contributed by atoms with van der Waals surface area (Å²) in [5.41, 5.74) is 2.25. The van der Waals surface area contributed by atoms with Gasteiger partial charge >= 0.3 is 6.03 Å². The van der Waals surface area contributed by atoms with Gasteiger partial charge in [0, 0.05) is 22.1 Å². The Morgan fingerprint density at radius 1 is 1.09 bits per heavy atom. The number of halogens is 1. The molecule has 0 aromatic heterocycles. The minimum atomic E-state index is -0.615. The van der Waals surface area contributed by atoms with E-state index in [9.17, 15) is 9.59 Å². The first-order chi connectivity index (χ1) is 10.9. The van der Waals surface area contributed by atoms with Crippen molar-refractivity contribution in [1.29, 1.82) is 0 Å². The second-order valence-corrected chi connectivity index (χ2v) is 6.37. The summed E-state index contributed by atoms with van der Waals surface area (Å²) in [5, 5.41) is 8.85. The molecule has 0 atom stereocenters. The zero-order valence-corrected chi connectivity index (χ0v) is 13.5. The lowest BCUT2D eigenvalue weighted by molar-refractivity contribution is -0.119. The molecule has 3 rings (SSSR count). The van der Waals surface area contributed by atoms with E-state index in [0.717, 1.165) is 11.3 Å². The maximum Gasteiger partial charge on any atom is 0.323 e. The van der Waals surface area contributed by atoms with Gasteiger partial charge in [0.2, 0.25) is 5.91 Å². The van der Waals surface area contributed by atoms with Crippen molar-refractivity contribution in [2.24, 2.45) is 0 Å². The van der Waals surface area contributed by atoms with Crippen LogP contribution in [-0.4, -0.2) is 11.9 Å². The van der Waals surface area contributed by atoms with Crippen molar-refractivity contribution in [2.75, 3.05) is 16.0 Å². The van der Waals surface area contributed by atoms with Crippen LogP contribution < -0.4 is 16.0 Å². The van der Waals surface area contributed by atoms with E-state index < -0.39 is 5.41 Å². The summed E-state index contributed by atoms with van der Waals surface area (Å²) in [6.07, 6.45) is 0. The highest BCUT2D eigenvalue weighted by molar-refractivity contribution is 6.30. The lowest BCUT2D eigenvalue weighted by atomic mass is 9.86. The molecule has 0 fully saturated rings. The highest BCUT2D eigenvalue weighted by Gasteiger charge is 2.38. The average molecular weight is 330 g/mol. The Hall–Kier alpha value is -2.53. The number of anilines is 3. The summed E-state index contributed by atoms with van der Waals surface area (Å²) in [7, 11) is 0. The summed E-state index contributed by atoms with van der Waals surface area (Å²) in [6, 6.07) is 11.9. The lowest BCUT2D eigenvalue weighted by Crippen LogP contribution is -2.27. The third kappa shape index (κ3) is 3.00. The predicted molar refractivity (Wildman–Crippen MR) is 92.2 cm³/mol. The first-order valence-electron chi connectivity index (χ1n) is 7.16. The van der Waals surface area contributed by atoms with Gasteiger partial charge in [0.25, 0.3) is 0 Å². The van der Waals surface area contributed by atoms with Gasteiger partial charge in [-0.15, -0.1) is 0 Å². The van der Waals surface area contributed by atoms with Gasteiger partial charge < -0.3 is 16.0 Å². The van der Waals surface area contributed by atoms with Gasteiger partial charge in [-0.05, 0) is 55.8 Å². The zero-order chi connectivity index (χ0) is 16.6. The van der Waals surface area contributed by atoms with Crippen LogP contribution in [0, 0.1) is 0 Å². The summed E-state index contributed by atoms with van der Waals surface area (Å²) in [5.74, 6) is -0.0481. The van der Waals surface area contributed by atoms with Crippen molar-refractivity contribution in [2.45, 2.75) is 19.3 Å². The Bertz CT molecular complexity index is 802. The fourth-order valence-corrected chi connectivity index (χ4v) is 2.70. The van der Waals surface area contributed by atoms with E-state index in [-0.39, 0.29) is 11.9 Å². The van der Waals surface area contributed by atoms with Gasteiger partial charge in [-0.2, -0.15) is 0 Å². The normalized spacial score (nSPS) is 14.8. The number of carbonyl (C=O) groups excluding carboxylic acids is 2. The molecule has 0 saturated heterocycles. The molecule has 2 aromatic carbocycles. The average Bonchev–Trinajstić information content (AvgIpc) is 2.69. The van der Waals surface area contributed by atoms with Crippen molar-refractivity contribution in [3.63, 3.8) is 0 Å². The summed E-state index contributed by atoms with van der Waals surface area (Å²) >= 11 is 5.89. The fourth-order valence-electron chi connectivity index (χ4n) is 2.51. The third-order valence-electron chi connectivity index (χ3n) is 3.85. The number of fused-ring (bicyclic) bond motifs is 1. The fraction of sp³-hybridized carbons (Fsp3) is 0.176. The molecule has 1 heterocycles. The smallest absolute Gasteiger partial charge is 0.323 e. The first kappa shape index (κ1) is 15.4. The molecule has 3 N–H and O–H groups in total. The monoisotopic (exact) mass is 329 g/mol. The Morgan fingerprint density at radius 3 is 2.48 bits per heavy atom. The van der Waals surface area contributed by atoms with E-state index in [4.69, 9.17) is 11.6 Å². The van der Waals surface area contributed by atoms with Crippen molar-refractivity contribution in [3.05, 3.63) is 53.1 Å². The van der Waals surface area contributed by atoms with E-state index in [0.29, 0.717) is 16.4 Å². The van der Waals surface area contributed by atoms with Crippen LogP contribution in [0.5, 0.6) is 0 Å². The third-order valence-corrected chi connectivity index (χ3v) is 4.08. The van der Waals surface area contributed by atoms with Gasteiger partial charge in [-0.1, -0.05) is 17.7 Å². The van der Waals surface area contributed by atoms with Crippen LogP contribution in [0.1, 0.15) is 19.4 Å². The number of benzene rings is 2. The number of hydrogen-bond acceptors (Lipinski definition) is 2. The molecular weight excluding hydrogens is 314 g/mol. The van der Waals surface area contributed by atoms with Crippen LogP contribution in [0.15, 0.2) is 42.5 Å². The summed E-state index contributed by atoms with van der Waals surface area (Å²) in [6.45, 7) is 3.70. The quantitative estimate of drug-likeness (QED) is 0.772. The van der Waals surface area contributed by atoms with E-state index in [1.54, 1.807) is 36.4 Å². The molecule has 0 saturated carbocycles. The molecule has 0 radical (unpaired) electrons. The van der Waals surface area contributed by atoms with Crippen LogP contribution in [0.3, 0.4) is 0 Å². The van der Waals surface area contributed by atoms with Gasteiger partial charge in [-0.3, -0.25) is 4.79 Å². The number of rotatable bonds is 2. The van der Waals surface area contributed by atoms with E-state index in [2.05, 4.69) is 16.0 Å². The standard InChI is InChI=1S/C17H16ClN3O2/c1-17(2)13-9-12(6-7-14(13)21-15(17)22)20-16(23)19-11-5-3-4-10(18)8-11/h3-9H,1-2H3,(H,21,22)(H2,19,20,23). The number of hydrogen-bond donors (Lipinski definition) is 3. The van der Waals surface area contributed by atoms with Crippen molar-refractivity contribution in [3.8, 4) is 0 Å². The molecular formula is C17H16ClN3O2. The van der Waals surface area contributed by atoms with Crippen LogP contribution >= 0.6 is 11.6 Å². The number of amides is 3. The maximum absolute atomic E-state index is 12.1. The largest absolute Gasteiger partial charge is 0.325 e. The van der Waals surface area contributed by atoms with Crippen molar-refractivity contribution >= 4 is 40.6 Å². The van der Waals surface area contributed by atoms with E-state index in [1.807, 2.05) is 19.9 Å². The molecule has 6 heteroatoms. The number of carbonyl (C=O) groups is 2. The van der Waals surface area contributed by atoms with E-state index >= 15 is 0 Å². The van der Waals surface area contributed by atoms with Crippen LogP contribution in [0.4, 0.5) is 21.9 Å². The molecule has 5 nitrogen and oxygen atoms in total. The SMILES string of the molecule is CC1(C)C(=O)Nc2ccc(NC(=O)Nc3cccc(Cl)c3)cc21. The molecule has 0 aliphatic carbocycles. The zero-order valence-electron chi connectivity index (χ0n) is 12.7. The predicted octanol–water partition coefficient (Wildman–Crippen LogP) is 4.21. The molecule has 23 heavy (non-hydrogen) atoms. The molecule has 1 aliphatic rings. The second-order valence-electron chi connectivity index (χ2n) is 5.93. The Labute approximate surface area is 139 Å². The Kier molecular flexibility index (Phi) is 3.74. The minimum absolute atomic E-state index is 0.0481. The van der Waals surface area contributed by atoms with Crippen molar-refractivity contribution < 1.29 is 9.59 Å². The van der Waals surface area contributed by atoms with Gasteiger partial charge in [0.15, 0.2) is 0 Å². The van der Waals surface area contributed by atoms with Crippen LogP contribution in [0.2, 0.25) is 5.02 Å².